The summed E-state index contributed by atoms with van der Waals surface area (Å²) < 4.78 is 5.52. The van der Waals surface area contributed by atoms with Crippen LogP contribution < -0.4 is 15.5 Å². The molecule has 0 radical (unpaired) electrons. The van der Waals surface area contributed by atoms with E-state index in [9.17, 15) is 4.79 Å². The van der Waals surface area contributed by atoms with E-state index in [1.807, 2.05) is 42.6 Å². The van der Waals surface area contributed by atoms with Gasteiger partial charge in [0.1, 0.15) is 0 Å². The van der Waals surface area contributed by atoms with Gasteiger partial charge in [-0.2, -0.15) is 5.10 Å². The van der Waals surface area contributed by atoms with E-state index in [4.69, 9.17) is 4.74 Å². The number of ether oxygens (including phenoxy) is 1. The minimum absolute atomic E-state index is 0.0747. The number of anilines is 2. The van der Waals surface area contributed by atoms with E-state index in [1.54, 1.807) is 0 Å². The van der Waals surface area contributed by atoms with Crippen LogP contribution >= 0.6 is 0 Å². The molecule has 0 atom stereocenters. The molecule has 0 spiro atoms. The zero-order valence-electron chi connectivity index (χ0n) is 16.8. The van der Waals surface area contributed by atoms with Gasteiger partial charge in [0.2, 0.25) is 5.91 Å². The average Bonchev–Trinajstić information content (AvgIpc) is 3.33. The van der Waals surface area contributed by atoms with Crippen LogP contribution in [0.4, 0.5) is 11.5 Å². The van der Waals surface area contributed by atoms with Gasteiger partial charge in [0.05, 0.1) is 17.3 Å². The van der Waals surface area contributed by atoms with Gasteiger partial charge in [-0.15, -0.1) is 5.10 Å². The van der Waals surface area contributed by atoms with Crippen LogP contribution in [0.25, 0.3) is 0 Å². The normalized spacial score (nSPS) is 18.4. The van der Waals surface area contributed by atoms with Gasteiger partial charge < -0.3 is 20.3 Å². The Hall–Kier alpha value is -2.67. The third-order valence-electron chi connectivity index (χ3n) is 5.94. The first kappa shape index (κ1) is 19.6. The molecule has 3 heterocycles. The summed E-state index contributed by atoms with van der Waals surface area (Å²) in [7, 11) is 0. The average molecular weight is 396 g/mol. The molecule has 4 rings (SSSR count). The zero-order valence-corrected chi connectivity index (χ0v) is 16.8. The Labute approximate surface area is 171 Å². The highest BCUT2D eigenvalue weighted by Crippen LogP contribution is 2.35. The molecule has 2 N–H and O–H groups in total. The number of carbonyl (C=O) groups excluding carboxylic acids is 1. The summed E-state index contributed by atoms with van der Waals surface area (Å²) in [5.74, 6) is 0.818. The number of hydrogen-bond donors (Lipinski definition) is 2. The molecule has 0 saturated carbocycles. The Balaban J connectivity index is 1.33. The van der Waals surface area contributed by atoms with Gasteiger partial charge in [-0.05, 0) is 31.2 Å². The minimum Gasteiger partial charge on any atom is -0.381 e. The van der Waals surface area contributed by atoms with E-state index < -0.39 is 5.41 Å². The lowest BCUT2D eigenvalue weighted by Crippen LogP contribution is -2.49. The molecule has 154 valence electrons. The highest BCUT2D eigenvalue weighted by Gasteiger charge is 2.41. The van der Waals surface area contributed by atoms with Crippen molar-refractivity contribution in [1.29, 1.82) is 0 Å². The molecule has 7 nitrogen and oxygen atoms in total. The van der Waals surface area contributed by atoms with Crippen molar-refractivity contribution in [3.63, 3.8) is 0 Å². The van der Waals surface area contributed by atoms with E-state index in [1.165, 1.54) is 12.8 Å². The second-order valence-corrected chi connectivity index (χ2v) is 7.74. The van der Waals surface area contributed by atoms with Crippen molar-refractivity contribution >= 4 is 17.4 Å². The first-order valence-electron chi connectivity index (χ1n) is 10.5. The SMILES string of the molecule is O=C(NCCNc1cc(N2CCCC2)cnn1)C1(c2ccccc2)CCOCC1. The van der Waals surface area contributed by atoms with Crippen LogP contribution in [-0.2, 0) is 14.9 Å². The standard InChI is InChI=1S/C22H29N5O2/c28-21(22(8-14-29-15-9-22)18-6-2-1-3-7-18)24-11-10-23-20-16-19(17-25-26-20)27-12-4-5-13-27/h1-3,6-7,16-17H,4-5,8-15H2,(H,23,26)(H,24,28). The van der Waals surface area contributed by atoms with Crippen molar-refractivity contribution < 1.29 is 9.53 Å². The van der Waals surface area contributed by atoms with Gasteiger partial charge in [0.25, 0.3) is 0 Å². The van der Waals surface area contributed by atoms with E-state index >= 15 is 0 Å². The van der Waals surface area contributed by atoms with Gasteiger partial charge in [0, 0.05) is 45.5 Å². The maximum atomic E-state index is 13.1. The van der Waals surface area contributed by atoms with Crippen molar-refractivity contribution in [2.75, 3.05) is 49.6 Å². The van der Waals surface area contributed by atoms with E-state index in [0.29, 0.717) is 39.1 Å². The predicted molar refractivity (Wildman–Crippen MR) is 113 cm³/mol. The molecule has 29 heavy (non-hydrogen) atoms. The number of benzene rings is 1. The molecule has 1 aromatic carbocycles. The van der Waals surface area contributed by atoms with Crippen LogP contribution in [-0.4, -0.2) is 55.5 Å². The monoisotopic (exact) mass is 395 g/mol. The topological polar surface area (TPSA) is 79.4 Å². The van der Waals surface area contributed by atoms with Crippen LogP contribution in [0.15, 0.2) is 42.6 Å². The number of aromatic nitrogens is 2. The van der Waals surface area contributed by atoms with Gasteiger partial charge in [-0.1, -0.05) is 30.3 Å². The minimum atomic E-state index is -0.505. The van der Waals surface area contributed by atoms with E-state index in [2.05, 4.69) is 25.7 Å². The lowest BCUT2D eigenvalue weighted by atomic mass is 9.73. The summed E-state index contributed by atoms with van der Waals surface area (Å²) >= 11 is 0. The second-order valence-electron chi connectivity index (χ2n) is 7.74. The predicted octanol–water partition coefficient (Wildman–Crippen LogP) is 2.35. The molecule has 1 aromatic heterocycles. The molecule has 2 aliphatic rings. The summed E-state index contributed by atoms with van der Waals surface area (Å²) in [5, 5.41) is 14.7. The number of carbonyl (C=O) groups is 1. The number of amides is 1. The number of rotatable bonds is 7. The van der Waals surface area contributed by atoms with Gasteiger partial charge >= 0.3 is 0 Å². The molecule has 2 saturated heterocycles. The summed E-state index contributed by atoms with van der Waals surface area (Å²) in [5.41, 5.74) is 1.67. The van der Waals surface area contributed by atoms with Crippen molar-refractivity contribution in [3.8, 4) is 0 Å². The molecule has 2 aliphatic heterocycles. The Morgan fingerprint density at radius 1 is 1.10 bits per heavy atom. The van der Waals surface area contributed by atoms with Crippen molar-refractivity contribution in [3.05, 3.63) is 48.2 Å². The van der Waals surface area contributed by atoms with Crippen molar-refractivity contribution in [2.45, 2.75) is 31.1 Å². The van der Waals surface area contributed by atoms with E-state index in [0.717, 1.165) is 30.2 Å². The maximum Gasteiger partial charge on any atom is 0.230 e. The van der Waals surface area contributed by atoms with Crippen LogP contribution in [0.3, 0.4) is 0 Å². The molecule has 1 amide bonds. The highest BCUT2D eigenvalue weighted by molar-refractivity contribution is 5.88. The van der Waals surface area contributed by atoms with Crippen LogP contribution in [0.1, 0.15) is 31.2 Å². The lowest BCUT2D eigenvalue weighted by molar-refractivity contribution is -0.130. The first-order valence-corrected chi connectivity index (χ1v) is 10.5. The Kier molecular flexibility index (Phi) is 6.24. The third kappa shape index (κ3) is 4.50. The number of hydrogen-bond acceptors (Lipinski definition) is 6. The summed E-state index contributed by atoms with van der Waals surface area (Å²) in [6.07, 6.45) is 5.68. The van der Waals surface area contributed by atoms with Crippen molar-refractivity contribution in [1.82, 2.24) is 15.5 Å². The summed E-state index contributed by atoms with van der Waals surface area (Å²) in [4.78, 5) is 15.5. The van der Waals surface area contributed by atoms with Gasteiger partial charge in [-0.25, -0.2) is 0 Å². The smallest absolute Gasteiger partial charge is 0.230 e. The summed E-state index contributed by atoms with van der Waals surface area (Å²) in [6, 6.07) is 12.1. The van der Waals surface area contributed by atoms with Crippen LogP contribution in [0.5, 0.6) is 0 Å². The van der Waals surface area contributed by atoms with Gasteiger partial charge in [-0.3, -0.25) is 4.79 Å². The lowest BCUT2D eigenvalue weighted by Gasteiger charge is -2.36. The molecule has 0 aliphatic carbocycles. The highest BCUT2D eigenvalue weighted by atomic mass is 16.5. The van der Waals surface area contributed by atoms with Gasteiger partial charge in [0.15, 0.2) is 5.82 Å². The fraction of sp³-hybridized carbons (Fsp3) is 0.500. The van der Waals surface area contributed by atoms with E-state index in [-0.39, 0.29) is 5.91 Å². The quantitative estimate of drug-likeness (QED) is 0.701. The second kappa shape index (κ2) is 9.22. The molecule has 2 aromatic rings. The third-order valence-corrected chi connectivity index (χ3v) is 5.94. The summed E-state index contributed by atoms with van der Waals surface area (Å²) in [6.45, 7) is 4.51. The maximum absolute atomic E-state index is 13.1. The largest absolute Gasteiger partial charge is 0.381 e. The van der Waals surface area contributed by atoms with Crippen LogP contribution in [0, 0.1) is 0 Å². The number of nitrogens with zero attached hydrogens (tertiary/aromatic N) is 3. The van der Waals surface area contributed by atoms with Crippen LogP contribution in [0.2, 0.25) is 0 Å². The molecule has 2 fully saturated rings. The molecular formula is C22H29N5O2. The molecular weight excluding hydrogens is 366 g/mol. The first-order chi connectivity index (χ1) is 14.3. The van der Waals surface area contributed by atoms with Crippen molar-refractivity contribution in [2.24, 2.45) is 0 Å². The zero-order chi connectivity index (χ0) is 19.9. The fourth-order valence-electron chi connectivity index (χ4n) is 4.25. The number of nitrogens with one attached hydrogen (secondary N) is 2. The molecule has 7 heteroatoms. The molecule has 0 bridgehead atoms. The molecule has 0 unspecified atom stereocenters. The Morgan fingerprint density at radius 2 is 1.86 bits per heavy atom. The Bertz CT molecular complexity index is 802. The fourth-order valence-corrected chi connectivity index (χ4v) is 4.25. The Morgan fingerprint density at radius 3 is 2.62 bits per heavy atom.